The zero-order valence-corrected chi connectivity index (χ0v) is 14.8. The van der Waals surface area contributed by atoms with Crippen molar-refractivity contribution >= 4 is 35.3 Å². The first-order chi connectivity index (χ1) is 10.5. The maximum absolute atomic E-state index is 12.1. The summed E-state index contributed by atoms with van der Waals surface area (Å²) in [4.78, 5) is 10.8. The fourth-order valence-electron chi connectivity index (χ4n) is 1.98. The number of ether oxygens (including phenoxy) is 2. The molecule has 1 fully saturated rings. The number of alkyl halides is 3. The molecule has 0 bridgehead atoms. The molecule has 0 aromatic rings. The highest BCUT2D eigenvalue weighted by Crippen LogP contribution is 2.36. The summed E-state index contributed by atoms with van der Waals surface area (Å²) in [5.41, 5.74) is 0. The van der Waals surface area contributed by atoms with E-state index in [1.54, 1.807) is 13.8 Å². The number of aliphatic hydroxyl groups excluding tert-OH is 1. The van der Waals surface area contributed by atoms with Crippen molar-refractivity contribution in [2.45, 2.75) is 49.4 Å². The minimum atomic E-state index is -4.87. The number of rotatable bonds is 8. The lowest BCUT2D eigenvalue weighted by Gasteiger charge is -2.24. The van der Waals surface area contributed by atoms with Gasteiger partial charge in [0.05, 0.1) is 12.7 Å². The van der Waals surface area contributed by atoms with E-state index in [2.05, 4.69) is 0 Å². The van der Waals surface area contributed by atoms with Gasteiger partial charge in [-0.3, -0.25) is 4.79 Å². The second kappa shape index (κ2) is 8.84. The maximum atomic E-state index is 12.1. The van der Waals surface area contributed by atoms with Gasteiger partial charge in [0.15, 0.2) is 0 Å². The van der Waals surface area contributed by atoms with Gasteiger partial charge in [-0.15, -0.1) is 0 Å². The topological polar surface area (TPSA) is 67.8 Å². The highest BCUT2D eigenvalue weighted by Gasteiger charge is 2.39. The summed E-state index contributed by atoms with van der Waals surface area (Å²) in [6.45, 7) is 3.25. The Labute approximate surface area is 142 Å². The van der Waals surface area contributed by atoms with E-state index in [1.165, 1.54) is 21.6 Å². The monoisotopic (exact) mass is 375 g/mol. The van der Waals surface area contributed by atoms with Crippen LogP contribution < -0.4 is 5.32 Å². The summed E-state index contributed by atoms with van der Waals surface area (Å²) in [7, 11) is 4.58. The molecular weight excluding hydrogens is 354 g/mol. The smallest absolute Gasteiger partial charge is 0.394 e. The van der Waals surface area contributed by atoms with Crippen LogP contribution in [0.2, 0.25) is 0 Å². The number of carbonyl (C=O) groups excluding carboxylic acids is 1. The summed E-state index contributed by atoms with van der Waals surface area (Å²) in [5, 5.41) is 11.1. The van der Waals surface area contributed by atoms with Crippen LogP contribution in [0.4, 0.5) is 13.2 Å². The molecule has 2 N–H and O–H groups in total. The van der Waals surface area contributed by atoms with Gasteiger partial charge in [-0.25, -0.2) is 0 Å². The van der Waals surface area contributed by atoms with Crippen molar-refractivity contribution in [1.82, 2.24) is 5.32 Å². The predicted molar refractivity (Wildman–Crippen MR) is 87.0 cm³/mol. The summed E-state index contributed by atoms with van der Waals surface area (Å²) >= 11 is 0. The van der Waals surface area contributed by atoms with Gasteiger partial charge >= 0.3 is 12.1 Å². The van der Waals surface area contributed by atoms with Crippen LogP contribution in [0.15, 0.2) is 0 Å². The van der Waals surface area contributed by atoms with Gasteiger partial charge in [0.2, 0.25) is 0 Å². The average molecular weight is 375 g/mol. The number of hydrogen-bond acceptors (Lipinski definition) is 6. The van der Waals surface area contributed by atoms with Gasteiger partial charge in [-0.1, -0.05) is 21.6 Å². The Bertz CT molecular complexity index is 401. The molecule has 3 atom stereocenters. The lowest BCUT2D eigenvalue weighted by molar-refractivity contribution is -0.173. The van der Waals surface area contributed by atoms with Gasteiger partial charge in [0.1, 0.15) is 19.9 Å². The molecule has 1 aliphatic heterocycles. The minimum Gasteiger partial charge on any atom is -0.394 e. The van der Waals surface area contributed by atoms with Crippen molar-refractivity contribution in [2.75, 3.05) is 19.1 Å². The van der Waals surface area contributed by atoms with Crippen LogP contribution in [0.3, 0.4) is 0 Å². The van der Waals surface area contributed by atoms with Crippen molar-refractivity contribution in [1.29, 1.82) is 0 Å². The zero-order valence-electron chi connectivity index (χ0n) is 13.2. The van der Waals surface area contributed by atoms with E-state index in [9.17, 15) is 23.1 Å². The molecule has 0 aliphatic carbocycles. The van der Waals surface area contributed by atoms with Crippen LogP contribution in [0.5, 0.6) is 0 Å². The molecule has 11 heteroatoms. The fourth-order valence-corrected chi connectivity index (χ4v) is 4.15. The van der Waals surface area contributed by atoms with E-state index in [-0.39, 0.29) is 31.4 Å². The fraction of sp³-hybridized carbons (Fsp3) is 0.917. The van der Waals surface area contributed by atoms with Crippen LogP contribution >= 0.6 is 21.6 Å². The first-order valence-electron chi connectivity index (χ1n) is 7.09. The molecule has 1 aliphatic rings. The average Bonchev–Trinajstić information content (AvgIpc) is 2.80. The Morgan fingerprint density at radius 1 is 1.48 bits per heavy atom. The molecule has 0 saturated carbocycles. The van der Waals surface area contributed by atoms with E-state index < -0.39 is 16.8 Å². The summed E-state index contributed by atoms with van der Waals surface area (Å²) < 4.78 is 46.9. The molecule has 1 unspecified atom stereocenters. The first kappa shape index (κ1) is 20.9. The minimum absolute atomic E-state index is 0.0313. The largest absolute Gasteiger partial charge is 0.471 e. The molecule has 0 aromatic carbocycles. The molecule has 1 rings (SSSR count). The standard InChI is InChI=1S/C12H21BF3NO4S2/c1-11(2,5-17-10(19)12(14,15)16)23-22-6-20-7-3-9(13)21-8(7)4-18/h7-9,18H,3-6,13H2,1-2H3,(H,17,19)/t7-,8?,9-/m1/s1. The molecule has 0 aromatic heterocycles. The van der Waals surface area contributed by atoms with Gasteiger partial charge in [0, 0.05) is 17.3 Å². The van der Waals surface area contributed by atoms with Gasteiger partial charge in [0.25, 0.3) is 0 Å². The van der Waals surface area contributed by atoms with Crippen LogP contribution in [0.1, 0.15) is 20.3 Å². The van der Waals surface area contributed by atoms with Crippen molar-refractivity contribution in [3.63, 3.8) is 0 Å². The molecule has 0 spiro atoms. The second-order valence-corrected chi connectivity index (χ2v) is 8.82. The first-order valence-corrected chi connectivity index (χ1v) is 9.40. The van der Waals surface area contributed by atoms with Crippen LogP contribution in [-0.2, 0) is 14.3 Å². The van der Waals surface area contributed by atoms with E-state index in [0.29, 0.717) is 12.4 Å². The van der Waals surface area contributed by atoms with E-state index in [0.717, 1.165) is 0 Å². The number of carbonyl (C=O) groups is 1. The molecule has 23 heavy (non-hydrogen) atoms. The normalized spacial score (nSPS) is 25.6. The molecule has 1 saturated heterocycles. The highest BCUT2D eigenvalue weighted by atomic mass is 33.1. The number of nitrogens with one attached hydrogen (secondary N) is 1. The van der Waals surface area contributed by atoms with Crippen molar-refractivity contribution in [2.24, 2.45) is 0 Å². The van der Waals surface area contributed by atoms with Gasteiger partial charge in [-0.05, 0) is 20.3 Å². The SMILES string of the molecule is B[C@H]1C[C@@H](OCSSC(C)(C)CNC(=O)C(F)(F)F)C(CO)O1. The summed E-state index contributed by atoms with van der Waals surface area (Å²) in [5.74, 6) is -1.62. The summed E-state index contributed by atoms with van der Waals surface area (Å²) in [6, 6.07) is 0.0313. The Morgan fingerprint density at radius 3 is 2.70 bits per heavy atom. The number of hydrogen-bond donors (Lipinski definition) is 2. The van der Waals surface area contributed by atoms with Crippen molar-refractivity contribution in [3.8, 4) is 0 Å². The van der Waals surface area contributed by atoms with Crippen molar-refractivity contribution < 1.29 is 32.5 Å². The zero-order chi connectivity index (χ0) is 17.7. The van der Waals surface area contributed by atoms with Crippen LogP contribution in [-0.4, -0.2) is 67.1 Å². The van der Waals surface area contributed by atoms with E-state index in [4.69, 9.17) is 9.47 Å². The Morgan fingerprint density at radius 2 is 2.13 bits per heavy atom. The Kier molecular flexibility index (Phi) is 8.05. The maximum Gasteiger partial charge on any atom is 0.471 e. The number of aliphatic hydroxyl groups is 1. The highest BCUT2D eigenvalue weighted by molar-refractivity contribution is 8.77. The lowest BCUT2D eigenvalue weighted by Crippen LogP contribution is -2.42. The second-order valence-electron chi connectivity index (χ2n) is 5.87. The van der Waals surface area contributed by atoms with Gasteiger partial charge < -0.3 is 19.9 Å². The molecule has 1 heterocycles. The van der Waals surface area contributed by atoms with Crippen molar-refractivity contribution in [3.05, 3.63) is 0 Å². The molecule has 5 nitrogen and oxygen atoms in total. The molecule has 134 valence electrons. The lowest BCUT2D eigenvalue weighted by atomic mass is 9.96. The van der Waals surface area contributed by atoms with Gasteiger partial charge in [-0.2, -0.15) is 13.2 Å². The van der Waals surface area contributed by atoms with E-state index in [1.807, 2.05) is 13.2 Å². The third-order valence-electron chi connectivity index (χ3n) is 3.11. The van der Waals surface area contributed by atoms with E-state index >= 15 is 0 Å². The third-order valence-corrected chi connectivity index (χ3v) is 6.05. The molecular formula is C12H21BF3NO4S2. The number of halogens is 3. The molecule has 1 amide bonds. The predicted octanol–water partition coefficient (Wildman–Crippen LogP) is 0.908. The van der Waals surface area contributed by atoms with Crippen LogP contribution in [0.25, 0.3) is 0 Å². The Balaban J connectivity index is 2.24. The third kappa shape index (κ3) is 7.55. The number of amides is 1. The molecule has 0 radical (unpaired) electrons. The van der Waals surface area contributed by atoms with Crippen LogP contribution in [0, 0.1) is 0 Å². The quantitative estimate of drug-likeness (QED) is 0.285. The Hall–Kier alpha value is -0.0951. The summed E-state index contributed by atoms with van der Waals surface area (Å²) in [6.07, 6.45) is -4.69.